The van der Waals surface area contributed by atoms with Crippen LogP contribution in [0.3, 0.4) is 0 Å². The van der Waals surface area contributed by atoms with Gasteiger partial charge in [-0.3, -0.25) is 9.59 Å². The third kappa shape index (κ3) is 3.39. The lowest BCUT2D eigenvalue weighted by molar-refractivity contribution is -0.130. The first-order valence-electron chi connectivity index (χ1n) is 9.18. The van der Waals surface area contributed by atoms with Crippen molar-refractivity contribution in [1.82, 2.24) is 14.4 Å². The summed E-state index contributed by atoms with van der Waals surface area (Å²) >= 11 is 0. The third-order valence-corrected chi connectivity index (χ3v) is 5.40. The van der Waals surface area contributed by atoms with Gasteiger partial charge in [0, 0.05) is 44.5 Å². The molecule has 2 heterocycles. The topological polar surface area (TPSA) is 45.6 Å². The van der Waals surface area contributed by atoms with E-state index >= 15 is 0 Å². The van der Waals surface area contributed by atoms with Crippen LogP contribution in [0.2, 0.25) is 0 Å². The molecule has 1 aliphatic rings. The highest BCUT2D eigenvalue weighted by molar-refractivity contribution is 5.96. The molecule has 0 saturated carbocycles. The fourth-order valence-corrected chi connectivity index (χ4v) is 3.86. The van der Waals surface area contributed by atoms with E-state index in [0.29, 0.717) is 26.2 Å². The molecule has 0 N–H and O–H groups in total. The molecule has 138 valence electrons. The Labute approximate surface area is 155 Å². The summed E-state index contributed by atoms with van der Waals surface area (Å²) in [6.07, 6.45) is 0. The molecule has 0 bridgehead atoms. The van der Waals surface area contributed by atoms with Gasteiger partial charge in [-0.2, -0.15) is 0 Å². The summed E-state index contributed by atoms with van der Waals surface area (Å²) in [6.45, 7) is 10.2. The molecule has 1 aromatic heterocycles. The molecule has 2 amide bonds. The van der Waals surface area contributed by atoms with Crippen molar-refractivity contribution in [3.63, 3.8) is 0 Å². The van der Waals surface area contributed by atoms with Crippen molar-refractivity contribution in [2.24, 2.45) is 0 Å². The van der Waals surface area contributed by atoms with Crippen molar-refractivity contribution in [2.45, 2.75) is 33.7 Å². The highest BCUT2D eigenvalue weighted by Crippen LogP contribution is 2.26. The number of aromatic nitrogens is 1. The zero-order chi connectivity index (χ0) is 18.8. The predicted octanol–water partition coefficient (Wildman–Crippen LogP) is 3.02. The average molecular weight is 353 g/mol. The normalized spacial score (nSPS) is 15.8. The molecule has 3 rings (SSSR count). The highest BCUT2D eigenvalue weighted by atomic mass is 16.2. The molecule has 0 radical (unpaired) electrons. The van der Waals surface area contributed by atoms with Crippen LogP contribution < -0.4 is 0 Å². The van der Waals surface area contributed by atoms with Gasteiger partial charge < -0.3 is 14.4 Å². The Hall–Kier alpha value is -2.56. The van der Waals surface area contributed by atoms with E-state index in [1.54, 1.807) is 11.8 Å². The molecule has 0 aliphatic carbocycles. The first-order valence-corrected chi connectivity index (χ1v) is 9.18. The van der Waals surface area contributed by atoms with Gasteiger partial charge in [-0.15, -0.1) is 0 Å². The standard InChI is InChI=1S/C21H27N3O2/c1-15-14-20(21(26)23-12-10-22(11-13-23)18(4)25)17(3)24(15)16(2)19-8-6-5-7-9-19/h5-9,14,16H,10-13H2,1-4H3/t16-/m1/s1. The van der Waals surface area contributed by atoms with Crippen molar-refractivity contribution in [3.8, 4) is 0 Å². The number of rotatable bonds is 3. The number of benzene rings is 1. The van der Waals surface area contributed by atoms with E-state index in [2.05, 4.69) is 30.5 Å². The Bertz CT molecular complexity index is 802. The molecular formula is C21H27N3O2. The highest BCUT2D eigenvalue weighted by Gasteiger charge is 2.26. The molecule has 0 unspecified atom stereocenters. The lowest BCUT2D eigenvalue weighted by Gasteiger charge is -2.34. The number of amides is 2. The molecule has 5 heteroatoms. The maximum atomic E-state index is 13.0. The van der Waals surface area contributed by atoms with Crippen molar-refractivity contribution < 1.29 is 9.59 Å². The molecule has 1 atom stereocenters. The fourth-order valence-electron chi connectivity index (χ4n) is 3.86. The summed E-state index contributed by atoms with van der Waals surface area (Å²) in [5.41, 5.74) is 4.08. The van der Waals surface area contributed by atoms with E-state index in [4.69, 9.17) is 0 Å². The van der Waals surface area contributed by atoms with Crippen molar-refractivity contribution in [1.29, 1.82) is 0 Å². The lowest BCUT2D eigenvalue weighted by Crippen LogP contribution is -2.50. The Balaban J connectivity index is 1.82. The summed E-state index contributed by atoms with van der Waals surface area (Å²) in [6, 6.07) is 12.5. The second-order valence-corrected chi connectivity index (χ2v) is 7.04. The van der Waals surface area contributed by atoms with Gasteiger partial charge in [0.25, 0.3) is 5.91 Å². The minimum atomic E-state index is 0.0628. The number of hydrogen-bond acceptors (Lipinski definition) is 2. The van der Waals surface area contributed by atoms with Gasteiger partial charge in [0.2, 0.25) is 5.91 Å². The van der Waals surface area contributed by atoms with Gasteiger partial charge in [-0.25, -0.2) is 0 Å². The van der Waals surface area contributed by atoms with Crippen LogP contribution in [0.25, 0.3) is 0 Å². The number of hydrogen-bond donors (Lipinski definition) is 0. The summed E-state index contributed by atoms with van der Waals surface area (Å²) in [7, 11) is 0. The Morgan fingerprint density at radius 2 is 1.54 bits per heavy atom. The maximum absolute atomic E-state index is 13.0. The van der Waals surface area contributed by atoms with Crippen LogP contribution in [-0.4, -0.2) is 52.4 Å². The Morgan fingerprint density at radius 1 is 0.962 bits per heavy atom. The smallest absolute Gasteiger partial charge is 0.255 e. The molecular weight excluding hydrogens is 326 g/mol. The van der Waals surface area contributed by atoms with E-state index in [-0.39, 0.29) is 17.9 Å². The van der Waals surface area contributed by atoms with E-state index in [1.165, 1.54) is 5.56 Å². The van der Waals surface area contributed by atoms with Crippen LogP contribution in [0.1, 0.15) is 47.2 Å². The minimum absolute atomic E-state index is 0.0628. The van der Waals surface area contributed by atoms with Gasteiger partial charge in [-0.05, 0) is 32.4 Å². The van der Waals surface area contributed by atoms with Gasteiger partial charge in [0.1, 0.15) is 0 Å². The second kappa shape index (κ2) is 7.36. The Morgan fingerprint density at radius 3 is 2.12 bits per heavy atom. The monoisotopic (exact) mass is 353 g/mol. The van der Waals surface area contributed by atoms with Crippen LogP contribution in [0.4, 0.5) is 0 Å². The molecule has 0 spiro atoms. The van der Waals surface area contributed by atoms with Gasteiger partial charge >= 0.3 is 0 Å². The van der Waals surface area contributed by atoms with Crippen LogP contribution in [0.15, 0.2) is 36.4 Å². The maximum Gasteiger partial charge on any atom is 0.255 e. The molecule has 26 heavy (non-hydrogen) atoms. The molecule has 5 nitrogen and oxygen atoms in total. The number of carbonyl (C=O) groups excluding carboxylic acids is 2. The predicted molar refractivity (Wildman–Crippen MR) is 102 cm³/mol. The Kier molecular flexibility index (Phi) is 5.16. The molecule has 1 aliphatic heterocycles. The van der Waals surface area contributed by atoms with Crippen LogP contribution in [0.5, 0.6) is 0 Å². The zero-order valence-electron chi connectivity index (χ0n) is 16.0. The van der Waals surface area contributed by atoms with E-state index in [9.17, 15) is 9.59 Å². The summed E-state index contributed by atoms with van der Waals surface area (Å²) in [5.74, 6) is 0.139. The minimum Gasteiger partial charge on any atom is -0.341 e. The first kappa shape index (κ1) is 18.2. The second-order valence-electron chi connectivity index (χ2n) is 7.04. The third-order valence-electron chi connectivity index (χ3n) is 5.40. The van der Waals surface area contributed by atoms with Crippen LogP contribution in [-0.2, 0) is 4.79 Å². The zero-order valence-corrected chi connectivity index (χ0v) is 16.0. The number of nitrogens with zero attached hydrogens (tertiary/aromatic N) is 3. The summed E-state index contributed by atoms with van der Waals surface area (Å²) < 4.78 is 2.23. The van der Waals surface area contributed by atoms with E-state index in [1.807, 2.05) is 36.1 Å². The quantitative estimate of drug-likeness (QED) is 0.851. The number of aryl methyl sites for hydroxylation is 1. The fraction of sp³-hybridized carbons (Fsp3) is 0.429. The number of piperazine rings is 1. The van der Waals surface area contributed by atoms with Crippen LogP contribution in [0, 0.1) is 13.8 Å². The van der Waals surface area contributed by atoms with Crippen LogP contribution >= 0.6 is 0 Å². The lowest BCUT2D eigenvalue weighted by atomic mass is 10.1. The van der Waals surface area contributed by atoms with E-state index < -0.39 is 0 Å². The first-order chi connectivity index (χ1) is 12.4. The molecule has 2 aromatic rings. The van der Waals surface area contributed by atoms with E-state index in [0.717, 1.165) is 17.0 Å². The van der Waals surface area contributed by atoms with Crippen molar-refractivity contribution in [2.75, 3.05) is 26.2 Å². The van der Waals surface area contributed by atoms with Crippen molar-refractivity contribution >= 4 is 11.8 Å². The molecule has 1 aromatic carbocycles. The molecule has 1 saturated heterocycles. The average Bonchev–Trinajstić information content (AvgIpc) is 2.95. The largest absolute Gasteiger partial charge is 0.341 e. The summed E-state index contributed by atoms with van der Waals surface area (Å²) in [5, 5.41) is 0. The molecule has 1 fully saturated rings. The van der Waals surface area contributed by atoms with Gasteiger partial charge in [0.05, 0.1) is 11.6 Å². The SMILES string of the molecule is CC(=O)N1CCN(C(=O)c2cc(C)n([C@H](C)c3ccccc3)c2C)CC1. The van der Waals surface area contributed by atoms with Gasteiger partial charge in [0.15, 0.2) is 0 Å². The number of carbonyl (C=O) groups is 2. The van der Waals surface area contributed by atoms with Gasteiger partial charge in [-0.1, -0.05) is 30.3 Å². The van der Waals surface area contributed by atoms with Crippen molar-refractivity contribution in [3.05, 3.63) is 58.9 Å². The summed E-state index contributed by atoms with van der Waals surface area (Å²) in [4.78, 5) is 28.2.